The van der Waals surface area contributed by atoms with Crippen molar-refractivity contribution in [3.05, 3.63) is 51.7 Å². The van der Waals surface area contributed by atoms with Crippen LogP contribution in [0, 0.1) is 0 Å². The summed E-state index contributed by atoms with van der Waals surface area (Å²) in [6.45, 7) is 7.28. The van der Waals surface area contributed by atoms with Crippen molar-refractivity contribution in [1.29, 1.82) is 0 Å². The van der Waals surface area contributed by atoms with Gasteiger partial charge in [0.1, 0.15) is 17.4 Å². The van der Waals surface area contributed by atoms with Crippen molar-refractivity contribution < 1.29 is 19.1 Å². The van der Waals surface area contributed by atoms with E-state index in [4.69, 9.17) is 9.47 Å². The third-order valence-corrected chi connectivity index (χ3v) is 8.59. The lowest BCUT2D eigenvalue weighted by Gasteiger charge is -2.10. The molecule has 1 N–H and O–H groups in total. The Morgan fingerprint density at radius 2 is 1.89 bits per heavy atom. The van der Waals surface area contributed by atoms with Gasteiger partial charge in [0.2, 0.25) is 5.91 Å². The van der Waals surface area contributed by atoms with Crippen LogP contribution in [0.25, 0.3) is 0 Å². The van der Waals surface area contributed by atoms with Gasteiger partial charge in [-0.1, -0.05) is 44.2 Å². The number of rotatable bonds is 10. The van der Waals surface area contributed by atoms with Crippen molar-refractivity contribution in [1.82, 2.24) is 14.8 Å². The van der Waals surface area contributed by atoms with Gasteiger partial charge in [-0.3, -0.25) is 4.79 Å². The molecule has 0 saturated heterocycles. The maximum Gasteiger partial charge on any atom is 0.341 e. The summed E-state index contributed by atoms with van der Waals surface area (Å²) in [6.07, 6.45) is 5.06. The van der Waals surface area contributed by atoms with Crippen LogP contribution < -0.4 is 10.1 Å². The third-order valence-electron chi connectivity index (χ3n) is 6.42. The molecule has 0 bridgehead atoms. The van der Waals surface area contributed by atoms with Crippen LogP contribution in [0.4, 0.5) is 5.00 Å². The lowest BCUT2D eigenvalue weighted by atomic mass is 10.0. The van der Waals surface area contributed by atoms with Gasteiger partial charge in [0.25, 0.3) is 0 Å². The minimum absolute atomic E-state index is 0.152. The molecule has 3 aromatic rings. The largest absolute Gasteiger partial charge is 0.486 e. The summed E-state index contributed by atoms with van der Waals surface area (Å²) < 4.78 is 12.9. The molecule has 8 nitrogen and oxygen atoms in total. The van der Waals surface area contributed by atoms with Crippen molar-refractivity contribution >= 4 is 40.0 Å². The Hall–Kier alpha value is -2.85. The van der Waals surface area contributed by atoms with Crippen molar-refractivity contribution in [2.24, 2.45) is 0 Å². The van der Waals surface area contributed by atoms with Gasteiger partial charge >= 0.3 is 5.97 Å². The molecule has 37 heavy (non-hydrogen) atoms. The number of carbonyl (C=O) groups excluding carboxylic acids is 2. The van der Waals surface area contributed by atoms with Crippen LogP contribution in [-0.4, -0.2) is 39.5 Å². The molecule has 0 spiro atoms. The number of nitrogens with zero attached hydrogens (tertiary/aromatic N) is 3. The maximum atomic E-state index is 12.9. The van der Waals surface area contributed by atoms with Gasteiger partial charge in [-0.25, -0.2) is 4.79 Å². The zero-order valence-electron chi connectivity index (χ0n) is 21.8. The highest BCUT2D eigenvalue weighted by Gasteiger charge is 2.26. The maximum absolute atomic E-state index is 12.9. The molecule has 0 radical (unpaired) electrons. The molecule has 1 aromatic carbocycles. The molecule has 4 rings (SSSR count). The lowest BCUT2D eigenvalue weighted by molar-refractivity contribution is -0.113. The average molecular weight is 543 g/mol. The molecular weight excluding hydrogens is 508 g/mol. The van der Waals surface area contributed by atoms with E-state index in [2.05, 4.69) is 41.5 Å². The average Bonchev–Trinajstić information content (AvgIpc) is 3.37. The first kappa shape index (κ1) is 27.2. The molecular formula is C27H34N4O4S2. The molecule has 1 aliphatic rings. The topological polar surface area (TPSA) is 95.3 Å². The van der Waals surface area contributed by atoms with Gasteiger partial charge in [-0.05, 0) is 61.8 Å². The number of thiophene rings is 1. The first-order valence-corrected chi connectivity index (χ1v) is 14.5. The van der Waals surface area contributed by atoms with E-state index >= 15 is 0 Å². The predicted octanol–water partition coefficient (Wildman–Crippen LogP) is 5.85. The molecule has 0 saturated carbocycles. The number of aromatic nitrogens is 3. The number of hydrogen-bond donors (Lipinski definition) is 1. The van der Waals surface area contributed by atoms with E-state index in [9.17, 15) is 9.59 Å². The van der Waals surface area contributed by atoms with Crippen LogP contribution in [-0.2, 0) is 35.5 Å². The Balaban J connectivity index is 1.38. The fourth-order valence-corrected chi connectivity index (χ4v) is 6.50. The van der Waals surface area contributed by atoms with Gasteiger partial charge < -0.3 is 19.4 Å². The molecule has 0 atom stereocenters. The van der Waals surface area contributed by atoms with Crippen molar-refractivity contribution in [2.75, 3.05) is 18.2 Å². The number of anilines is 1. The zero-order valence-corrected chi connectivity index (χ0v) is 23.5. The summed E-state index contributed by atoms with van der Waals surface area (Å²) in [4.78, 5) is 26.6. The SMILES string of the molecule is CCn1c(COc2ccc(C(C)C)cc2)nnc1SCC(=O)Nc1sc2c(c1C(=O)OC)CCCCC2. The summed E-state index contributed by atoms with van der Waals surface area (Å²) in [6, 6.07) is 8.08. The van der Waals surface area contributed by atoms with E-state index in [1.54, 1.807) is 0 Å². The fraction of sp³-hybridized carbons (Fsp3) is 0.481. The first-order valence-electron chi connectivity index (χ1n) is 12.7. The minimum Gasteiger partial charge on any atom is -0.486 e. The van der Waals surface area contributed by atoms with Crippen LogP contribution in [0.5, 0.6) is 5.75 Å². The van der Waals surface area contributed by atoms with Gasteiger partial charge in [0.05, 0.1) is 18.4 Å². The number of fused-ring (bicyclic) bond motifs is 1. The van der Waals surface area contributed by atoms with Crippen LogP contribution in [0.1, 0.15) is 78.1 Å². The van der Waals surface area contributed by atoms with Crippen LogP contribution >= 0.6 is 23.1 Å². The number of benzene rings is 1. The number of ether oxygens (including phenoxy) is 2. The van der Waals surface area contributed by atoms with E-state index in [0.29, 0.717) is 34.0 Å². The fourth-order valence-electron chi connectivity index (χ4n) is 4.39. The number of thioether (sulfide) groups is 1. The second-order valence-corrected chi connectivity index (χ2v) is 11.3. The molecule has 10 heteroatoms. The standard InChI is InChI=1S/C27H34N4O4S2/c1-5-31-22(15-35-19-13-11-18(12-14-19)17(2)3)29-30-27(31)36-16-23(32)28-25-24(26(33)34-4)20-9-7-6-8-10-21(20)37-25/h11-14,17H,5-10,15-16H2,1-4H3,(H,28,32). The van der Waals surface area contributed by atoms with Crippen LogP contribution in [0.2, 0.25) is 0 Å². The summed E-state index contributed by atoms with van der Waals surface area (Å²) in [5.41, 5.74) is 2.81. The van der Waals surface area contributed by atoms with Gasteiger partial charge in [-0.2, -0.15) is 0 Å². The molecule has 1 aliphatic carbocycles. The number of esters is 1. The number of nitrogens with one attached hydrogen (secondary N) is 1. The molecule has 0 fully saturated rings. The Morgan fingerprint density at radius 1 is 1.14 bits per heavy atom. The number of methoxy groups -OCH3 is 1. The minimum atomic E-state index is -0.392. The van der Waals surface area contributed by atoms with E-state index in [1.807, 2.05) is 23.6 Å². The highest BCUT2D eigenvalue weighted by Crippen LogP contribution is 2.38. The zero-order chi connectivity index (χ0) is 26.4. The molecule has 2 aromatic heterocycles. The van der Waals surface area contributed by atoms with Crippen molar-refractivity contribution in [3.8, 4) is 5.75 Å². The van der Waals surface area contributed by atoms with Gasteiger partial charge in [0, 0.05) is 11.4 Å². The highest BCUT2D eigenvalue weighted by atomic mass is 32.2. The Labute approximate surface area is 226 Å². The monoisotopic (exact) mass is 542 g/mol. The van der Waals surface area contributed by atoms with Crippen molar-refractivity contribution in [3.63, 3.8) is 0 Å². The van der Waals surface area contributed by atoms with Gasteiger partial charge in [-0.15, -0.1) is 21.5 Å². The molecule has 198 valence electrons. The Morgan fingerprint density at radius 3 is 2.59 bits per heavy atom. The van der Waals surface area contributed by atoms with E-state index < -0.39 is 5.97 Å². The van der Waals surface area contributed by atoms with E-state index in [-0.39, 0.29) is 18.3 Å². The van der Waals surface area contributed by atoms with Crippen molar-refractivity contribution in [2.45, 2.75) is 77.1 Å². The summed E-state index contributed by atoms with van der Waals surface area (Å²) in [5, 5.41) is 12.8. The van der Waals surface area contributed by atoms with Crippen LogP contribution in [0.3, 0.4) is 0 Å². The Kier molecular flexibility index (Phi) is 9.26. The summed E-state index contributed by atoms with van der Waals surface area (Å²) >= 11 is 2.81. The summed E-state index contributed by atoms with van der Waals surface area (Å²) in [7, 11) is 1.38. The summed E-state index contributed by atoms with van der Waals surface area (Å²) in [5.74, 6) is 1.51. The number of hydrogen-bond acceptors (Lipinski definition) is 8. The quantitative estimate of drug-likeness (QED) is 0.195. The lowest BCUT2D eigenvalue weighted by Crippen LogP contribution is -2.17. The molecule has 0 aliphatic heterocycles. The number of carbonyl (C=O) groups is 2. The van der Waals surface area contributed by atoms with E-state index in [1.165, 1.54) is 40.6 Å². The Bertz CT molecular complexity index is 1230. The second kappa shape index (κ2) is 12.6. The third kappa shape index (κ3) is 6.54. The normalized spacial score (nSPS) is 13.2. The second-order valence-electron chi connectivity index (χ2n) is 9.25. The predicted molar refractivity (Wildman–Crippen MR) is 147 cm³/mol. The number of amides is 1. The molecule has 2 heterocycles. The first-order chi connectivity index (χ1) is 17.9. The highest BCUT2D eigenvalue weighted by molar-refractivity contribution is 7.99. The number of aryl methyl sites for hydroxylation is 1. The van der Waals surface area contributed by atoms with Crippen LogP contribution in [0.15, 0.2) is 29.4 Å². The molecule has 1 amide bonds. The smallest absolute Gasteiger partial charge is 0.341 e. The van der Waals surface area contributed by atoms with Gasteiger partial charge in [0.15, 0.2) is 11.0 Å². The molecule has 0 unspecified atom stereocenters. The van der Waals surface area contributed by atoms with E-state index in [0.717, 1.165) is 43.4 Å².